The van der Waals surface area contributed by atoms with Crippen molar-refractivity contribution in [3.63, 3.8) is 0 Å². The molecule has 122 valence electrons. The van der Waals surface area contributed by atoms with E-state index in [4.69, 9.17) is 11.6 Å². The van der Waals surface area contributed by atoms with Crippen molar-refractivity contribution in [3.05, 3.63) is 16.5 Å². The minimum Gasteiger partial charge on any atom is -0.392 e. The first-order valence-corrected chi connectivity index (χ1v) is 8.62. The van der Waals surface area contributed by atoms with Gasteiger partial charge in [0.2, 0.25) is 10.0 Å². The Hall–Kier alpha value is -0.350. The van der Waals surface area contributed by atoms with Gasteiger partial charge < -0.3 is 5.11 Å². The summed E-state index contributed by atoms with van der Waals surface area (Å²) in [5, 5.41) is 9.58. The van der Waals surface area contributed by atoms with Crippen LogP contribution in [0, 0.1) is 5.92 Å². The average molecular weight is 366 g/mol. The standard InChI is InChI=1S/C11H15ClF3NO3S2/c1-6(5-11(13,14)15)10(7(2)17)16-21(18,19)9-4-3-8(12)20-9/h3-4,6-7,10,16-17H,5H2,1-2H3/t6-,7+,10?/m1/s1. The second-order valence-corrected chi connectivity index (χ2v) is 8.40. The van der Waals surface area contributed by atoms with Crippen molar-refractivity contribution in [2.24, 2.45) is 5.92 Å². The van der Waals surface area contributed by atoms with Gasteiger partial charge in [0.1, 0.15) is 4.21 Å². The molecule has 0 saturated carbocycles. The Balaban J connectivity index is 2.93. The fraction of sp³-hybridized carbons (Fsp3) is 0.636. The van der Waals surface area contributed by atoms with Crippen LogP contribution in [0.3, 0.4) is 0 Å². The van der Waals surface area contributed by atoms with Crippen LogP contribution >= 0.6 is 22.9 Å². The molecule has 1 unspecified atom stereocenters. The predicted molar refractivity (Wildman–Crippen MR) is 75.0 cm³/mol. The van der Waals surface area contributed by atoms with Crippen molar-refractivity contribution in [3.8, 4) is 0 Å². The van der Waals surface area contributed by atoms with Gasteiger partial charge in [0, 0.05) is 6.42 Å². The number of hydrogen-bond acceptors (Lipinski definition) is 4. The Morgan fingerprint density at radius 1 is 1.38 bits per heavy atom. The maximum atomic E-state index is 12.4. The Morgan fingerprint density at radius 3 is 2.33 bits per heavy atom. The molecule has 1 aromatic rings. The Labute approximate surface area is 130 Å². The summed E-state index contributed by atoms with van der Waals surface area (Å²) in [4.78, 5) is 0. The molecule has 0 aliphatic heterocycles. The van der Waals surface area contributed by atoms with Crippen molar-refractivity contribution < 1.29 is 26.7 Å². The van der Waals surface area contributed by atoms with Crippen LogP contribution in [-0.4, -0.2) is 31.8 Å². The molecule has 0 radical (unpaired) electrons. The van der Waals surface area contributed by atoms with Crippen LogP contribution in [0.4, 0.5) is 13.2 Å². The number of aliphatic hydroxyl groups is 1. The van der Waals surface area contributed by atoms with Gasteiger partial charge in [0.15, 0.2) is 0 Å². The van der Waals surface area contributed by atoms with Gasteiger partial charge in [-0.2, -0.15) is 13.2 Å². The van der Waals surface area contributed by atoms with Crippen LogP contribution in [0.5, 0.6) is 0 Å². The number of thiophene rings is 1. The van der Waals surface area contributed by atoms with Gasteiger partial charge in [-0.05, 0) is 25.0 Å². The van der Waals surface area contributed by atoms with E-state index < -0.39 is 40.7 Å². The third-order valence-corrected chi connectivity index (χ3v) is 5.97. The highest BCUT2D eigenvalue weighted by molar-refractivity contribution is 7.91. The van der Waals surface area contributed by atoms with Crippen molar-refractivity contribution in [1.82, 2.24) is 4.72 Å². The molecule has 0 aromatic carbocycles. The molecule has 1 aromatic heterocycles. The summed E-state index contributed by atoms with van der Waals surface area (Å²) >= 11 is 6.43. The maximum absolute atomic E-state index is 12.4. The molecule has 0 fully saturated rings. The summed E-state index contributed by atoms with van der Waals surface area (Å²) in [5.41, 5.74) is 0. The summed E-state index contributed by atoms with van der Waals surface area (Å²) in [5.74, 6) is -1.12. The lowest BCUT2D eigenvalue weighted by atomic mass is 9.95. The highest BCUT2D eigenvalue weighted by atomic mass is 35.5. The number of aliphatic hydroxyl groups excluding tert-OH is 1. The fourth-order valence-electron chi connectivity index (χ4n) is 1.86. The summed E-state index contributed by atoms with van der Waals surface area (Å²) in [6.45, 7) is 2.47. The van der Waals surface area contributed by atoms with Gasteiger partial charge >= 0.3 is 6.18 Å². The first-order valence-electron chi connectivity index (χ1n) is 5.95. The highest BCUT2D eigenvalue weighted by Gasteiger charge is 2.37. The lowest BCUT2D eigenvalue weighted by Crippen LogP contribution is -2.47. The van der Waals surface area contributed by atoms with Crippen LogP contribution in [0.15, 0.2) is 16.3 Å². The Kier molecular flexibility index (Phi) is 6.08. The topological polar surface area (TPSA) is 66.4 Å². The summed E-state index contributed by atoms with van der Waals surface area (Å²) < 4.78 is 63.6. The molecule has 0 aliphatic carbocycles. The van der Waals surface area contributed by atoms with Gasteiger partial charge in [-0.1, -0.05) is 18.5 Å². The molecule has 10 heteroatoms. The molecule has 21 heavy (non-hydrogen) atoms. The average Bonchev–Trinajstić information content (AvgIpc) is 2.70. The fourth-order valence-corrected chi connectivity index (χ4v) is 4.78. The lowest BCUT2D eigenvalue weighted by Gasteiger charge is -2.27. The number of rotatable bonds is 6. The van der Waals surface area contributed by atoms with E-state index in [-0.39, 0.29) is 8.55 Å². The van der Waals surface area contributed by atoms with E-state index in [9.17, 15) is 26.7 Å². The molecule has 0 saturated heterocycles. The first-order chi connectivity index (χ1) is 9.42. The van der Waals surface area contributed by atoms with E-state index in [0.29, 0.717) is 0 Å². The molecule has 0 spiro atoms. The minimum absolute atomic E-state index is 0.114. The summed E-state index contributed by atoms with van der Waals surface area (Å²) in [7, 11) is -4.03. The van der Waals surface area contributed by atoms with E-state index in [1.165, 1.54) is 26.0 Å². The monoisotopic (exact) mass is 365 g/mol. The molecule has 3 atom stereocenters. The van der Waals surface area contributed by atoms with Crippen LogP contribution in [-0.2, 0) is 10.0 Å². The van der Waals surface area contributed by atoms with Crippen LogP contribution < -0.4 is 4.72 Å². The molecule has 4 nitrogen and oxygen atoms in total. The number of sulfonamides is 1. The zero-order valence-corrected chi connectivity index (χ0v) is 13.6. The highest BCUT2D eigenvalue weighted by Crippen LogP contribution is 2.29. The summed E-state index contributed by atoms with van der Waals surface area (Å²) in [6, 6.07) is 1.37. The van der Waals surface area contributed by atoms with Gasteiger partial charge in [-0.15, -0.1) is 11.3 Å². The van der Waals surface area contributed by atoms with Gasteiger partial charge in [0.05, 0.1) is 16.5 Å². The van der Waals surface area contributed by atoms with Crippen LogP contribution in [0.2, 0.25) is 4.34 Å². The third kappa shape index (κ3) is 5.74. The smallest absolute Gasteiger partial charge is 0.389 e. The molecular formula is C11H15ClF3NO3S2. The van der Waals surface area contributed by atoms with Crippen molar-refractivity contribution >= 4 is 33.0 Å². The number of nitrogens with one attached hydrogen (secondary N) is 1. The molecule has 0 bridgehead atoms. The van der Waals surface area contributed by atoms with Gasteiger partial charge in [-0.3, -0.25) is 0 Å². The molecule has 1 heterocycles. The Bertz CT molecular complexity index is 572. The molecule has 1 rings (SSSR count). The third-order valence-electron chi connectivity index (χ3n) is 2.79. The molecule has 0 amide bonds. The Morgan fingerprint density at radius 2 is 1.95 bits per heavy atom. The normalized spacial score (nSPS) is 17.5. The minimum atomic E-state index is -4.44. The molecule has 2 N–H and O–H groups in total. The van der Waals surface area contributed by atoms with Crippen LogP contribution in [0.25, 0.3) is 0 Å². The second-order valence-electron chi connectivity index (χ2n) is 4.74. The van der Waals surface area contributed by atoms with E-state index in [2.05, 4.69) is 4.72 Å². The van der Waals surface area contributed by atoms with Crippen LogP contribution in [0.1, 0.15) is 20.3 Å². The van der Waals surface area contributed by atoms with Gasteiger partial charge in [0.25, 0.3) is 0 Å². The lowest BCUT2D eigenvalue weighted by molar-refractivity contribution is -0.146. The van der Waals surface area contributed by atoms with Gasteiger partial charge in [-0.25, -0.2) is 13.1 Å². The largest absolute Gasteiger partial charge is 0.392 e. The SMILES string of the molecule is C[C@H](O)C(NS(=O)(=O)c1ccc(Cl)s1)[C@H](C)CC(F)(F)F. The van der Waals surface area contributed by atoms with E-state index in [0.717, 1.165) is 11.3 Å². The maximum Gasteiger partial charge on any atom is 0.389 e. The molecular weight excluding hydrogens is 351 g/mol. The second kappa shape index (κ2) is 6.82. The predicted octanol–water partition coefficient (Wildman–Crippen LogP) is 3.02. The number of alkyl halides is 3. The van der Waals surface area contributed by atoms with E-state index in [1.54, 1.807) is 0 Å². The quantitative estimate of drug-likeness (QED) is 0.814. The zero-order valence-electron chi connectivity index (χ0n) is 11.2. The zero-order chi connectivity index (χ0) is 16.4. The van der Waals surface area contributed by atoms with E-state index >= 15 is 0 Å². The number of halogens is 4. The van der Waals surface area contributed by atoms with Crippen molar-refractivity contribution in [2.75, 3.05) is 0 Å². The summed E-state index contributed by atoms with van der Waals surface area (Å²) in [6.07, 6.45) is -6.91. The first kappa shape index (κ1) is 18.7. The van der Waals surface area contributed by atoms with E-state index in [1.807, 2.05) is 0 Å². The molecule has 0 aliphatic rings. The van der Waals surface area contributed by atoms with Crippen molar-refractivity contribution in [1.29, 1.82) is 0 Å². The van der Waals surface area contributed by atoms with Crippen molar-refractivity contribution in [2.45, 2.75) is 42.8 Å². The number of hydrogen-bond donors (Lipinski definition) is 2.